The van der Waals surface area contributed by atoms with Crippen LogP contribution in [0.1, 0.15) is 78.4 Å². The topological polar surface area (TPSA) is 113 Å². The van der Waals surface area contributed by atoms with Crippen molar-refractivity contribution in [3.8, 4) is 0 Å². The fourth-order valence-corrected chi connectivity index (χ4v) is 4.80. The van der Waals surface area contributed by atoms with E-state index >= 15 is 0 Å². The second-order valence-corrected chi connectivity index (χ2v) is 9.93. The van der Waals surface area contributed by atoms with Crippen molar-refractivity contribution in [3.05, 3.63) is 53.8 Å². The van der Waals surface area contributed by atoms with E-state index in [4.69, 9.17) is 14.3 Å². The van der Waals surface area contributed by atoms with Gasteiger partial charge in [0, 0.05) is 47.8 Å². The minimum absolute atomic E-state index is 0.126. The largest absolute Gasteiger partial charge is 0.461 e. The lowest BCUT2D eigenvalue weighted by molar-refractivity contribution is -0.141. The van der Waals surface area contributed by atoms with Gasteiger partial charge >= 0.3 is 17.9 Å². The molecule has 0 aliphatic carbocycles. The highest BCUT2D eigenvalue weighted by atomic mass is 16.7. The van der Waals surface area contributed by atoms with Gasteiger partial charge in [-0.05, 0) is 56.0 Å². The quantitative estimate of drug-likeness (QED) is 0.0597. The zero-order valence-electron chi connectivity index (χ0n) is 24.6. The third-order valence-corrected chi connectivity index (χ3v) is 6.89. The second kappa shape index (κ2) is 14.4. The predicted octanol–water partition coefficient (Wildman–Crippen LogP) is 6.33. The number of fused-ring (bicyclic) bond motifs is 3. The minimum atomic E-state index is -0.716. The van der Waals surface area contributed by atoms with Crippen LogP contribution in [0.15, 0.2) is 47.8 Å². The molecule has 0 saturated carbocycles. The van der Waals surface area contributed by atoms with Gasteiger partial charge in [0.2, 0.25) is 0 Å². The average molecular weight is 563 g/mol. The maximum atomic E-state index is 12.8. The smallest absolute Gasteiger partial charge is 0.361 e. The summed E-state index contributed by atoms with van der Waals surface area (Å²) in [5.74, 6) is -1.69. The van der Waals surface area contributed by atoms with Crippen LogP contribution in [0.3, 0.4) is 0 Å². The van der Waals surface area contributed by atoms with E-state index in [1.807, 2.05) is 30.3 Å². The SMILES string of the molecule is CCCCC(CC)Cn1c2ccc(/C(=C/OC(C)=O)C(C)=O)cc2c2cc(/C(=N/OC(C)=O)C(=O)OCC)ccc21. The lowest BCUT2D eigenvalue weighted by Gasteiger charge is -2.17. The van der Waals surface area contributed by atoms with Gasteiger partial charge in [0.05, 0.1) is 12.2 Å². The second-order valence-electron chi connectivity index (χ2n) is 9.93. The summed E-state index contributed by atoms with van der Waals surface area (Å²) in [6.45, 7) is 10.9. The molecule has 0 aliphatic rings. The molecule has 0 fully saturated rings. The molecule has 218 valence electrons. The monoisotopic (exact) mass is 562 g/mol. The highest BCUT2D eigenvalue weighted by Crippen LogP contribution is 2.34. The zero-order chi connectivity index (χ0) is 30.1. The fraction of sp³-hybridized carbons (Fsp3) is 0.406. The van der Waals surface area contributed by atoms with Crippen molar-refractivity contribution in [2.45, 2.75) is 73.8 Å². The summed E-state index contributed by atoms with van der Waals surface area (Å²) in [5, 5.41) is 5.46. The number of unbranched alkanes of at least 4 members (excludes halogenated alkanes) is 1. The number of ketones is 1. The molecule has 1 aromatic heterocycles. The van der Waals surface area contributed by atoms with Gasteiger partial charge in [-0.15, -0.1) is 0 Å². The first-order chi connectivity index (χ1) is 19.6. The predicted molar refractivity (Wildman–Crippen MR) is 158 cm³/mol. The minimum Gasteiger partial charge on any atom is -0.461 e. The van der Waals surface area contributed by atoms with Gasteiger partial charge in [-0.25, -0.2) is 9.59 Å². The molecule has 1 heterocycles. The maximum Gasteiger partial charge on any atom is 0.361 e. The molecule has 3 aromatic rings. The number of hydrogen-bond acceptors (Lipinski definition) is 8. The zero-order valence-corrected chi connectivity index (χ0v) is 24.6. The van der Waals surface area contributed by atoms with Crippen LogP contribution in [-0.2, 0) is 40.0 Å². The van der Waals surface area contributed by atoms with E-state index in [9.17, 15) is 19.2 Å². The van der Waals surface area contributed by atoms with E-state index in [0.717, 1.165) is 54.0 Å². The summed E-state index contributed by atoms with van der Waals surface area (Å²) in [6.07, 6.45) is 5.57. The number of carbonyl (C=O) groups is 4. The first-order valence-corrected chi connectivity index (χ1v) is 14.0. The van der Waals surface area contributed by atoms with Crippen LogP contribution < -0.4 is 0 Å². The van der Waals surface area contributed by atoms with Gasteiger partial charge in [-0.1, -0.05) is 50.4 Å². The van der Waals surface area contributed by atoms with Crippen molar-refractivity contribution in [1.82, 2.24) is 4.57 Å². The molecule has 0 radical (unpaired) electrons. The first-order valence-electron chi connectivity index (χ1n) is 14.0. The van der Waals surface area contributed by atoms with Crippen molar-refractivity contribution in [2.75, 3.05) is 6.61 Å². The Morgan fingerprint density at radius 2 is 1.54 bits per heavy atom. The maximum absolute atomic E-state index is 12.8. The number of allylic oxidation sites excluding steroid dienone is 1. The normalized spacial score (nSPS) is 12.8. The lowest BCUT2D eigenvalue weighted by Crippen LogP contribution is -2.19. The summed E-state index contributed by atoms with van der Waals surface area (Å²) < 4.78 is 12.5. The van der Waals surface area contributed by atoms with Crippen LogP contribution in [0.2, 0.25) is 0 Å². The number of oxime groups is 1. The number of aromatic nitrogens is 1. The molecular formula is C32H38N2O7. The standard InChI is InChI=1S/C32H38N2O7/c1-7-10-11-23(8-2)18-34-29-14-12-24(28(20(4)35)19-40-21(5)36)16-26(29)27-17-25(13-15-30(27)34)31(32(38)39-9-3)33-41-22(6)37/h12-17,19,23H,7-11,18H2,1-6H3/b28-19+,33-31-. The number of ether oxygens (including phenoxy) is 2. The van der Waals surface area contributed by atoms with E-state index in [1.165, 1.54) is 27.0 Å². The Hall–Kier alpha value is -4.27. The molecule has 0 spiro atoms. The highest BCUT2D eigenvalue weighted by Gasteiger charge is 2.21. The van der Waals surface area contributed by atoms with Gasteiger partial charge in [0.1, 0.15) is 6.26 Å². The molecule has 0 bridgehead atoms. The summed E-state index contributed by atoms with van der Waals surface area (Å²) in [7, 11) is 0. The Labute approximate surface area is 240 Å². The van der Waals surface area contributed by atoms with Crippen LogP contribution in [-0.4, -0.2) is 40.6 Å². The summed E-state index contributed by atoms with van der Waals surface area (Å²) in [4.78, 5) is 52.9. The van der Waals surface area contributed by atoms with Gasteiger partial charge < -0.3 is 18.9 Å². The highest BCUT2D eigenvalue weighted by molar-refractivity contribution is 6.43. The van der Waals surface area contributed by atoms with Crippen LogP contribution >= 0.6 is 0 Å². The third-order valence-electron chi connectivity index (χ3n) is 6.89. The number of rotatable bonds is 13. The number of carbonyl (C=O) groups excluding carboxylic acids is 4. The summed E-state index contributed by atoms with van der Waals surface area (Å²) in [5.41, 5.74) is 3.04. The van der Waals surface area contributed by atoms with Crippen molar-refractivity contribution >= 4 is 56.8 Å². The van der Waals surface area contributed by atoms with Crippen molar-refractivity contribution in [1.29, 1.82) is 0 Å². The number of benzene rings is 2. The Bertz CT molecular complexity index is 1510. The first kappa shape index (κ1) is 31.3. The summed E-state index contributed by atoms with van der Waals surface area (Å²) in [6, 6.07) is 11.2. The number of esters is 2. The van der Waals surface area contributed by atoms with Crippen LogP contribution in [0.5, 0.6) is 0 Å². The van der Waals surface area contributed by atoms with Gasteiger partial charge in [0.15, 0.2) is 11.5 Å². The van der Waals surface area contributed by atoms with Gasteiger partial charge in [-0.2, -0.15) is 0 Å². The Morgan fingerprint density at radius 3 is 2.07 bits per heavy atom. The van der Waals surface area contributed by atoms with Crippen molar-refractivity contribution < 1.29 is 33.5 Å². The van der Waals surface area contributed by atoms with Crippen LogP contribution in [0.25, 0.3) is 27.4 Å². The molecule has 0 aliphatic heterocycles. The molecular weight excluding hydrogens is 524 g/mol. The van der Waals surface area contributed by atoms with E-state index in [2.05, 4.69) is 23.6 Å². The Morgan fingerprint density at radius 1 is 0.902 bits per heavy atom. The lowest BCUT2D eigenvalue weighted by atomic mass is 9.99. The van der Waals surface area contributed by atoms with Gasteiger partial charge in [0.25, 0.3) is 0 Å². The molecule has 2 aromatic carbocycles. The number of Topliss-reactive ketones (excluding diaryl/α,β-unsaturated/α-hetero) is 1. The van der Waals surface area contributed by atoms with Gasteiger partial charge in [-0.3, -0.25) is 9.59 Å². The van der Waals surface area contributed by atoms with Crippen molar-refractivity contribution in [2.24, 2.45) is 11.1 Å². The third kappa shape index (κ3) is 7.68. The molecule has 1 unspecified atom stereocenters. The molecule has 0 saturated heterocycles. The molecule has 9 nitrogen and oxygen atoms in total. The molecule has 1 atom stereocenters. The molecule has 0 amide bonds. The van der Waals surface area contributed by atoms with E-state index in [1.54, 1.807) is 13.0 Å². The van der Waals surface area contributed by atoms with Crippen LogP contribution in [0.4, 0.5) is 0 Å². The Balaban J connectivity index is 2.30. The number of hydrogen-bond donors (Lipinski definition) is 0. The Kier molecular flexibility index (Phi) is 11.0. The summed E-state index contributed by atoms with van der Waals surface area (Å²) >= 11 is 0. The van der Waals surface area contributed by atoms with Crippen LogP contribution in [0, 0.1) is 5.92 Å². The van der Waals surface area contributed by atoms with E-state index in [0.29, 0.717) is 17.0 Å². The average Bonchev–Trinajstić information content (AvgIpc) is 3.23. The molecule has 9 heteroatoms. The van der Waals surface area contributed by atoms with Crippen molar-refractivity contribution in [3.63, 3.8) is 0 Å². The number of nitrogens with zero attached hydrogens (tertiary/aromatic N) is 2. The fourth-order valence-electron chi connectivity index (χ4n) is 4.80. The molecule has 3 rings (SSSR count). The van der Waals surface area contributed by atoms with E-state index in [-0.39, 0.29) is 23.7 Å². The molecule has 41 heavy (non-hydrogen) atoms. The van der Waals surface area contributed by atoms with E-state index < -0.39 is 17.9 Å². The molecule has 0 N–H and O–H groups in total.